The van der Waals surface area contributed by atoms with Crippen LogP contribution in [0.2, 0.25) is 5.02 Å². The first-order chi connectivity index (χ1) is 19.5. The molecule has 1 aromatic heterocycles. The number of carbonyl (C=O) groups excluding carboxylic acids is 1. The molecule has 0 saturated carbocycles. The summed E-state index contributed by atoms with van der Waals surface area (Å²) in [5.74, 6) is 2.22. The van der Waals surface area contributed by atoms with E-state index in [1.54, 1.807) is 26.4 Å². The summed E-state index contributed by atoms with van der Waals surface area (Å²) < 4.78 is 14.1. The molecule has 0 aliphatic rings. The lowest BCUT2D eigenvalue weighted by Gasteiger charge is -2.15. The molecule has 5 rings (SSSR count). The zero-order chi connectivity index (χ0) is 27.9. The number of nitrogens with zero attached hydrogens (tertiary/aromatic N) is 2. The summed E-state index contributed by atoms with van der Waals surface area (Å²) in [6.07, 6.45) is 0.187. The third kappa shape index (κ3) is 6.74. The molecule has 0 aliphatic carbocycles. The minimum Gasteiger partial charge on any atom is -0.497 e. The van der Waals surface area contributed by atoms with Crippen molar-refractivity contribution >= 4 is 63.5 Å². The molecule has 8 nitrogen and oxygen atoms in total. The molecule has 0 fully saturated rings. The number of ether oxygens (including phenoxy) is 2. The number of methoxy groups -OCH3 is 2. The molecule has 4 aromatic carbocycles. The summed E-state index contributed by atoms with van der Waals surface area (Å²) in [6.45, 7) is 0. The van der Waals surface area contributed by atoms with Crippen molar-refractivity contribution in [2.75, 3.05) is 29.6 Å². The second-order valence-corrected chi connectivity index (χ2v) is 9.97. The van der Waals surface area contributed by atoms with Gasteiger partial charge in [-0.3, -0.25) is 4.79 Å². The van der Waals surface area contributed by atoms with Gasteiger partial charge >= 0.3 is 0 Å². The average molecular weight is 572 g/mol. The minimum absolute atomic E-state index is 0.149. The van der Waals surface area contributed by atoms with Gasteiger partial charge < -0.3 is 24.8 Å². The molecule has 0 spiro atoms. The maximum Gasteiger partial charge on any atom is 0.228 e. The number of hydrogen-bond acceptors (Lipinski definition) is 8. The average Bonchev–Trinajstić information content (AvgIpc) is 2.97. The lowest BCUT2D eigenvalue weighted by molar-refractivity contribution is -0.115. The van der Waals surface area contributed by atoms with Crippen molar-refractivity contribution in [1.82, 2.24) is 9.97 Å². The molecule has 3 N–H and O–H groups in total. The van der Waals surface area contributed by atoms with Gasteiger partial charge in [0.15, 0.2) is 11.6 Å². The highest BCUT2D eigenvalue weighted by molar-refractivity contribution is 8.00. The number of amides is 1. The number of fused-ring (bicyclic) bond motifs is 1. The van der Waals surface area contributed by atoms with Gasteiger partial charge in [-0.1, -0.05) is 48.0 Å². The van der Waals surface area contributed by atoms with Crippen LogP contribution in [-0.2, 0) is 11.2 Å². The maximum absolute atomic E-state index is 12.6. The fourth-order valence-electron chi connectivity index (χ4n) is 3.94. The first-order valence-electron chi connectivity index (χ1n) is 12.3. The van der Waals surface area contributed by atoms with E-state index in [1.807, 2.05) is 78.9 Å². The van der Waals surface area contributed by atoms with E-state index in [0.29, 0.717) is 33.8 Å². The van der Waals surface area contributed by atoms with Gasteiger partial charge in [0.05, 0.1) is 31.7 Å². The molecular weight excluding hydrogens is 546 g/mol. The highest BCUT2D eigenvalue weighted by atomic mass is 35.5. The Morgan fingerprint density at radius 3 is 2.17 bits per heavy atom. The predicted octanol–water partition coefficient (Wildman–Crippen LogP) is 7.34. The van der Waals surface area contributed by atoms with Crippen LogP contribution < -0.4 is 24.8 Å². The van der Waals surface area contributed by atoms with Crippen LogP contribution >= 0.6 is 23.5 Å². The van der Waals surface area contributed by atoms with Crippen LogP contribution in [0.4, 0.5) is 23.0 Å². The summed E-state index contributed by atoms with van der Waals surface area (Å²) in [6, 6.07) is 28.0. The van der Waals surface area contributed by atoms with E-state index in [2.05, 4.69) is 15.4 Å². The molecule has 0 bridgehead atoms. The summed E-state index contributed by atoms with van der Waals surface area (Å²) in [5, 5.41) is 6.85. The predicted molar refractivity (Wildman–Crippen MR) is 162 cm³/mol. The Morgan fingerprint density at radius 1 is 0.800 bits per heavy atom. The quantitative estimate of drug-likeness (QED) is 0.150. The maximum atomic E-state index is 12.6. The second-order valence-electron chi connectivity index (χ2n) is 8.68. The molecule has 1 heterocycles. The van der Waals surface area contributed by atoms with Gasteiger partial charge in [-0.05, 0) is 53.9 Å². The zero-order valence-corrected chi connectivity index (χ0v) is 23.3. The van der Waals surface area contributed by atoms with Gasteiger partial charge in [-0.25, -0.2) is 9.97 Å². The van der Waals surface area contributed by atoms with Gasteiger partial charge in [0.2, 0.25) is 5.91 Å². The highest BCUT2D eigenvalue weighted by Crippen LogP contribution is 2.32. The Kier molecular flexibility index (Phi) is 8.53. The van der Waals surface area contributed by atoms with E-state index in [0.717, 1.165) is 27.2 Å². The molecule has 0 unspecified atom stereocenters. The smallest absolute Gasteiger partial charge is 0.228 e. The Morgan fingerprint density at radius 2 is 1.48 bits per heavy atom. The Labute approximate surface area is 241 Å². The van der Waals surface area contributed by atoms with E-state index in [1.165, 1.54) is 11.9 Å². The number of halogens is 1. The van der Waals surface area contributed by atoms with Crippen LogP contribution in [0.25, 0.3) is 11.0 Å². The Hall–Kier alpha value is -4.47. The van der Waals surface area contributed by atoms with Crippen molar-refractivity contribution in [3.05, 3.63) is 102 Å². The monoisotopic (exact) mass is 571 g/mol. The first kappa shape index (κ1) is 27.1. The van der Waals surface area contributed by atoms with Crippen molar-refractivity contribution in [1.29, 1.82) is 0 Å². The highest BCUT2D eigenvalue weighted by Gasteiger charge is 2.13. The summed E-state index contributed by atoms with van der Waals surface area (Å²) in [4.78, 5) is 23.1. The number of hydrogen-bond donors (Lipinski definition) is 3. The SMILES string of the molecule is COc1cc(Nc2nc3ccccc3nc2NSc2cccc(NC(=O)Cc3ccccc3Cl)c2)cc(OC)c1. The molecule has 0 saturated heterocycles. The van der Waals surface area contributed by atoms with Gasteiger partial charge in [-0.15, -0.1) is 0 Å². The summed E-state index contributed by atoms with van der Waals surface area (Å²) in [5.41, 5.74) is 3.68. The number of para-hydroxylation sites is 2. The topological polar surface area (TPSA) is 97.4 Å². The largest absolute Gasteiger partial charge is 0.497 e. The van der Waals surface area contributed by atoms with Crippen molar-refractivity contribution in [2.24, 2.45) is 0 Å². The van der Waals surface area contributed by atoms with E-state index < -0.39 is 0 Å². The molecule has 202 valence electrons. The number of nitrogens with one attached hydrogen (secondary N) is 3. The fourth-order valence-corrected chi connectivity index (χ4v) is 4.83. The van der Waals surface area contributed by atoms with E-state index in [4.69, 9.17) is 31.0 Å². The Bertz CT molecular complexity index is 1640. The number of benzene rings is 4. The van der Waals surface area contributed by atoms with E-state index in [9.17, 15) is 4.79 Å². The molecular formula is C30H26ClN5O3S. The van der Waals surface area contributed by atoms with Crippen LogP contribution in [-0.4, -0.2) is 30.1 Å². The molecule has 1 amide bonds. The molecule has 5 aromatic rings. The standard InChI is InChI=1S/C30H26ClN5O3S/c1-38-22-15-21(16-23(18-22)39-2)33-29-30(35-27-13-6-5-12-26(27)34-29)36-40-24-10-7-9-20(17-24)32-28(37)14-19-8-3-4-11-25(19)31/h3-13,15-18H,14H2,1-2H3,(H,32,37)(H,33,34)(H,35,36). The second kappa shape index (κ2) is 12.6. The van der Waals surface area contributed by atoms with Crippen molar-refractivity contribution in [3.8, 4) is 11.5 Å². The van der Waals surface area contributed by atoms with Gasteiger partial charge in [-0.2, -0.15) is 0 Å². The van der Waals surface area contributed by atoms with Gasteiger partial charge in [0.1, 0.15) is 11.5 Å². The van der Waals surface area contributed by atoms with Crippen molar-refractivity contribution < 1.29 is 14.3 Å². The number of anilines is 4. The zero-order valence-electron chi connectivity index (χ0n) is 21.8. The molecule has 0 aliphatic heterocycles. The summed E-state index contributed by atoms with van der Waals surface area (Å²) >= 11 is 7.56. The lowest BCUT2D eigenvalue weighted by atomic mass is 10.1. The van der Waals surface area contributed by atoms with Gasteiger partial charge in [0.25, 0.3) is 0 Å². The molecule has 40 heavy (non-hydrogen) atoms. The first-order valence-corrected chi connectivity index (χ1v) is 13.5. The minimum atomic E-state index is -0.149. The van der Waals surface area contributed by atoms with Crippen LogP contribution in [0.5, 0.6) is 11.5 Å². The third-order valence-corrected chi connectivity index (χ3v) is 7.03. The number of rotatable bonds is 10. The van der Waals surface area contributed by atoms with Crippen molar-refractivity contribution in [2.45, 2.75) is 11.3 Å². The van der Waals surface area contributed by atoms with Crippen LogP contribution in [0.3, 0.4) is 0 Å². The third-order valence-electron chi connectivity index (χ3n) is 5.88. The fraction of sp³-hybridized carbons (Fsp3) is 0.100. The number of carbonyl (C=O) groups is 1. The van der Waals surface area contributed by atoms with Crippen LogP contribution in [0.15, 0.2) is 95.9 Å². The molecule has 0 radical (unpaired) electrons. The van der Waals surface area contributed by atoms with E-state index in [-0.39, 0.29) is 12.3 Å². The Balaban J connectivity index is 1.34. The lowest BCUT2D eigenvalue weighted by Crippen LogP contribution is -2.14. The number of aromatic nitrogens is 2. The van der Waals surface area contributed by atoms with Crippen molar-refractivity contribution in [3.63, 3.8) is 0 Å². The molecule has 0 atom stereocenters. The van der Waals surface area contributed by atoms with Crippen LogP contribution in [0.1, 0.15) is 5.56 Å². The molecule has 10 heteroatoms. The van der Waals surface area contributed by atoms with Gasteiger partial charge in [0, 0.05) is 39.5 Å². The summed E-state index contributed by atoms with van der Waals surface area (Å²) in [7, 11) is 3.21. The normalized spacial score (nSPS) is 10.7. The van der Waals surface area contributed by atoms with E-state index >= 15 is 0 Å². The van der Waals surface area contributed by atoms with Crippen LogP contribution in [0, 0.1) is 0 Å².